The molecule has 3 aromatic rings. The fourth-order valence-corrected chi connectivity index (χ4v) is 5.54. The third-order valence-corrected chi connectivity index (χ3v) is 7.57. The summed E-state index contributed by atoms with van der Waals surface area (Å²) in [7, 11) is 1.84. The predicted octanol–water partition coefficient (Wildman–Crippen LogP) is 4.26. The summed E-state index contributed by atoms with van der Waals surface area (Å²) in [5, 5.41) is 7.70. The highest BCUT2D eigenvalue weighted by Crippen LogP contribution is 2.36. The van der Waals surface area contributed by atoms with E-state index in [1.54, 1.807) is 23.0 Å². The van der Waals surface area contributed by atoms with Crippen molar-refractivity contribution in [3.05, 3.63) is 53.3 Å². The van der Waals surface area contributed by atoms with Crippen molar-refractivity contribution >= 4 is 29.1 Å². The molecule has 1 saturated heterocycles. The second kappa shape index (κ2) is 10.2. The first-order valence-corrected chi connectivity index (χ1v) is 13.6. The van der Waals surface area contributed by atoms with Gasteiger partial charge in [-0.3, -0.25) is 14.6 Å². The van der Waals surface area contributed by atoms with Gasteiger partial charge < -0.3 is 19.9 Å². The number of anilines is 2. The van der Waals surface area contributed by atoms with Crippen LogP contribution in [-0.2, 0) is 7.05 Å². The van der Waals surface area contributed by atoms with Crippen molar-refractivity contribution in [1.82, 2.24) is 19.7 Å². The molecule has 6 rings (SSSR count). The highest BCUT2D eigenvalue weighted by Gasteiger charge is 2.30. The van der Waals surface area contributed by atoms with Crippen LogP contribution in [0.5, 0.6) is 5.88 Å². The molecule has 0 radical (unpaired) electrons. The van der Waals surface area contributed by atoms with Crippen molar-refractivity contribution in [2.75, 3.05) is 36.5 Å². The van der Waals surface area contributed by atoms with Gasteiger partial charge in [-0.1, -0.05) is 6.92 Å². The summed E-state index contributed by atoms with van der Waals surface area (Å²) in [4.78, 5) is 39.8. The van der Waals surface area contributed by atoms with E-state index in [4.69, 9.17) is 4.74 Å². The van der Waals surface area contributed by atoms with Crippen molar-refractivity contribution in [2.24, 2.45) is 18.0 Å². The van der Waals surface area contributed by atoms with E-state index in [1.165, 1.54) is 0 Å². The molecule has 10 nitrogen and oxygen atoms in total. The molecule has 1 fully saturated rings. The van der Waals surface area contributed by atoms with Gasteiger partial charge in [-0.05, 0) is 68.9 Å². The van der Waals surface area contributed by atoms with Crippen LogP contribution in [0.1, 0.15) is 59.0 Å². The lowest BCUT2D eigenvalue weighted by Crippen LogP contribution is -2.35. The first kappa shape index (κ1) is 25.1. The van der Waals surface area contributed by atoms with Crippen LogP contribution in [0.3, 0.4) is 0 Å². The third kappa shape index (κ3) is 4.86. The number of likely N-dealkylation sites (tertiary alicyclic amines) is 1. The van der Waals surface area contributed by atoms with Gasteiger partial charge in [-0.25, -0.2) is 4.68 Å². The smallest absolute Gasteiger partial charge is 0.280 e. The van der Waals surface area contributed by atoms with E-state index in [0.29, 0.717) is 47.5 Å². The van der Waals surface area contributed by atoms with Crippen LogP contribution in [0.15, 0.2) is 41.5 Å². The number of guanidine groups is 1. The van der Waals surface area contributed by atoms with E-state index in [1.807, 2.05) is 42.0 Å². The van der Waals surface area contributed by atoms with Gasteiger partial charge in [0, 0.05) is 43.5 Å². The molecule has 2 bridgehead atoms. The lowest BCUT2D eigenvalue weighted by Gasteiger charge is -2.23. The standard InChI is InChI=1S/C29H33N7O3/c1-18-7-6-12-39-28-22(16-30-34(28)3)24-14-21(13-19(2)31-24)26(37)33-29-32-23-9-8-20(15-25(23)36(29)17-18)27(38)35-10-4-5-11-35/h8-9,13-16,18H,4-7,10-12,17H2,1-3H3,(H,32,33,37)/t18-/m1/s1. The topological polar surface area (TPSA) is 105 Å². The van der Waals surface area contributed by atoms with Crippen LogP contribution in [0.25, 0.3) is 11.3 Å². The van der Waals surface area contributed by atoms with Crippen LogP contribution >= 0.6 is 0 Å². The fraction of sp³-hybridized carbons (Fsp3) is 0.414. The van der Waals surface area contributed by atoms with Gasteiger partial charge in [0.05, 0.1) is 35.4 Å². The molecule has 1 N–H and O–H groups in total. The number of carbonyl (C=O) groups excluding carboxylic acids is 2. The Hall–Kier alpha value is -4.21. The number of aryl methyl sites for hydroxylation is 2. The Morgan fingerprint density at radius 2 is 1.95 bits per heavy atom. The summed E-state index contributed by atoms with van der Waals surface area (Å²) in [5.74, 6) is 1.06. The molecule has 39 heavy (non-hydrogen) atoms. The number of aromatic nitrogens is 3. The maximum Gasteiger partial charge on any atom is 0.280 e. The van der Waals surface area contributed by atoms with Crippen molar-refractivity contribution in [3.8, 4) is 17.1 Å². The first-order valence-electron chi connectivity index (χ1n) is 13.6. The lowest BCUT2D eigenvalue weighted by atomic mass is 10.0. The molecular weight excluding hydrogens is 494 g/mol. The van der Waals surface area contributed by atoms with Crippen LogP contribution in [0, 0.1) is 12.8 Å². The summed E-state index contributed by atoms with van der Waals surface area (Å²) < 4.78 is 7.85. The normalized spacial score (nSPS) is 20.5. The number of carbonyl (C=O) groups is 2. The lowest BCUT2D eigenvalue weighted by molar-refractivity contribution is 0.0792. The minimum Gasteiger partial charge on any atom is -0.477 e. The Morgan fingerprint density at radius 3 is 2.77 bits per heavy atom. The zero-order chi connectivity index (χ0) is 27.1. The van der Waals surface area contributed by atoms with Gasteiger partial charge in [0.15, 0.2) is 0 Å². The number of nitrogens with one attached hydrogen (secondary N) is 1. The number of fused-ring (bicyclic) bond motifs is 7. The molecule has 2 aromatic heterocycles. The van der Waals surface area contributed by atoms with E-state index < -0.39 is 0 Å². The van der Waals surface area contributed by atoms with E-state index in [0.717, 1.165) is 55.7 Å². The number of amides is 2. The number of hydrogen-bond donors (Lipinski definition) is 1. The molecule has 3 aliphatic heterocycles. The van der Waals surface area contributed by atoms with Crippen LogP contribution in [0.4, 0.5) is 11.4 Å². The fourth-order valence-electron chi connectivity index (χ4n) is 5.54. The maximum absolute atomic E-state index is 13.5. The molecule has 0 aliphatic carbocycles. The number of nitrogens with zero attached hydrogens (tertiary/aromatic N) is 6. The zero-order valence-electron chi connectivity index (χ0n) is 22.6. The van der Waals surface area contributed by atoms with Crippen LogP contribution < -0.4 is 15.0 Å². The maximum atomic E-state index is 13.5. The average molecular weight is 528 g/mol. The number of ether oxygens (including phenoxy) is 1. The molecular formula is C29H33N7O3. The van der Waals surface area contributed by atoms with Crippen molar-refractivity contribution < 1.29 is 14.3 Å². The SMILES string of the molecule is Cc1cc2cc(n1)-c1cnn(C)c1OCCC[C@@H](C)CN1/C(=N/C2=O)Nc2ccc(C(=O)N3CCCC3)cc21. The number of rotatable bonds is 1. The van der Waals surface area contributed by atoms with Gasteiger partial charge in [-0.15, -0.1) is 0 Å². The number of pyridine rings is 1. The molecule has 1 atom stereocenters. The summed E-state index contributed by atoms with van der Waals surface area (Å²) in [5.41, 5.74) is 4.86. The van der Waals surface area contributed by atoms with Crippen molar-refractivity contribution in [3.63, 3.8) is 0 Å². The summed E-state index contributed by atoms with van der Waals surface area (Å²) in [6, 6.07) is 9.18. The number of hydrogen-bond acceptors (Lipinski definition) is 7. The number of aliphatic imine (C=N–C) groups is 1. The molecule has 1 aromatic carbocycles. The van der Waals surface area contributed by atoms with E-state index in [2.05, 4.69) is 27.3 Å². The molecule has 0 unspecified atom stereocenters. The first-order chi connectivity index (χ1) is 18.9. The van der Waals surface area contributed by atoms with Gasteiger partial charge in [0.25, 0.3) is 11.8 Å². The second-order valence-corrected chi connectivity index (χ2v) is 10.7. The quantitative estimate of drug-likeness (QED) is 0.504. The van der Waals surface area contributed by atoms with Crippen molar-refractivity contribution in [1.29, 1.82) is 0 Å². The van der Waals surface area contributed by atoms with Crippen LogP contribution in [-0.4, -0.2) is 63.7 Å². The largest absolute Gasteiger partial charge is 0.477 e. The molecule has 0 saturated carbocycles. The molecule has 202 valence electrons. The monoisotopic (exact) mass is 527 g/mol. The second-order valence-electron chi connectivity index (χ2n) is 10.7. The predicted molar refractivity (Wildman–Crippen MR) is 149 cm³/mol. The molecule has 5 heterocycles. The van der Waals surface area contributed by atoms with Crippen molar-refractivity contribution in [2.45, 2.75) is 39.5 Å². The third-order valence-electron chi connectivity index (χ3n) is 7.57. The van der Waals surface area contributed by atoms with E-state index in [-0.39, 0.29) is 17.7 Å². The molecule has 0 spiro atoms. The Bertz CT molecular complexity index is 1470. The zero-order valence-corrected chi connectivity index (χ0v) is 22.6. The number of benzene rings is 1. The molecule has 2 amide bonds. The van der Waals surface area contributed by atoms with Gasteiger partial charge in [-0.2, -0.15) is 10.1 Å². The van der Waals surface area contributed by atoms with Gasteiger partial charge in [0.2, 0.25) is 11.8 Å². The Labute approximate surface area is 227 Å². The Balaban J connectivity index is 1.39. The molecule has 3 aliphatic rings. The Morgan fingerprint density at radius 1 is 1.13 bits per heavy atom. The summed E-state index contributed by atoms with van der Waals surface area (Å²) >= 11 is 0. The van der Waals surface area contributed by atoms with E-state index in [9.17, 15) is 9.59 Å². The summed E-state index contributed by atoms with van der Waals surface area (Å²) in [6.07, 6.45) is 5.57. The highest BCUT2D eigenvalue weighted by molar-refractivity contribution is 6.19. The van der Waals surface area contributed by atoms with Crippen LogP contribution in [0.2, 0.25) is 0 Å². The minimum absolute atomic E-state index is 0.0501. The van der Waals surface area contributed by atoms with E-state index >= 15 is 0 Å². The van der Waals surface area contributed by atoms with Gasteiger partial charge in [0.1, 0.15) is 0 Å². The molecule has 10 heteroatoms. The Kier molecular flexibility index (Phi) is 6.54. The minimum atomic E-state index is -0.371. The van der Waals surface area contributed by atoms with Gasteiger partial charge >= 0.3 is 0 Å². The average Bonchev–Trinajstić information content (AvgIpc) is 3.65. The highest BCUT2D eigenvalue weighted by atomic mass is 16.5. The summed E-state index contributed by atoms with van der Waals surface area (Å²) in [6.45, 7) is 6.82.